The minimum atomic E-state index is -0.799. The van der Waals surface area contributed by atoms with Crippen LogP contribution in [-0.4, -0.2) is 24.6 Å². The second-order valence-corrected chi connectivity index (χ2v) is 6.59. The number of piperidine rings is 1. The van der Waals surface area contributed by atoms with Gasteiger partial charge in [-0.05, 0) is 49.0 Å². The highest BCUT2D eigenvalue weighted by Gasteiger charge is 2.25. The summed E-state index contributed by atoms with van der Waals surface area (Å²) >= 11 is 0. The number of rotatable bonds is 2. The smallest absolute Gasteiger partial charge is 0.171 e. The summed E-state index contributed by atoms with van der Waals surface area (Å²) in [7, 11) is 0. The molecule has 0 radical (unpaired) electrons. The maximum atomic E-state index is 14.0. The number of carbonyl (C=O) groups is 1. The zero-order valence-electron chi connectivity index (χ0n) is 13.7. The fourth-order valence-electron chi connectivity index (χ4n) is 3.58. The van der Waals surface area contributed by atoms with Crippen LogP contribution in [0.1, 0.15) is 46.7 Å². The second kappa shape index (κ2) is 6.48. The molecular formula is C20H18F2N2O. The Morgan fingerprint density at radius 1 is 1.04 bits per heavy atom. The van der Waals surface area contributed by atoms with Crippen LogP contribution in [0, 0.1) is 11.6 Å². The summed E-state index contributed by atoms with van der Waals surface area (Å²) in [6.07, 6.45) is 2.29. The average molecular weight is 340 g/mol. The lowest BCUT2D eigenvalue weighted by Crippen LogP contribution is -2.26. The quantitative estimate of drug-likeness (QED) is 0.893. The van der Waals surface area contributed by atoms with Crippen LogP contribution in [0.4, 0.5) is 14.5 Å². The average Bonchev–Trinajstić information content (AvgIpc) is 2.63. The monoisotopic (exact) mass is 340 g/mol. The van der Waals surface area contributed by atoms with E-state index in [0.29, 0.717) is 11.6 Å². The van der Waals surface area contributed by atoms with E-state index in [9.17, 15) is 13.6 Å². The molecule has 0 amide bonds. The van der Waals surface area contributed by atoms with E-state index in [4.69, 9.17) is 0 Å². The Morgan fingerprint density at radius 3 is 2.48 bits per heavy atom. The first-order chi connectivity index (χ1) is 12.1. The Kier molecular flexibility index (Phi) is 4.17. The molecule has 1 fully saturated rings. The number of aliphatic imine (C=N–C) groups is 1. The Morgan fingerprint density at radius 2 is 1.76 bits per heavy atom. The number of benzene rings is 2. The molecule has 2 heterocycles. The molecule has 128 valence electrons. The maximum Gasteiger partial charge on any atom is 0.171 e. The first-order valence-electron chi connectivity index (χ1n) is 8.52. The Bertz CT molecular complexity index is 853. The number of nitrogens with one attached hydrogen (secondary N) is 1. The lowest BCUT2D eigenvalue weighted by Gasteiger charge is -2.23. The van der Waals surface area contributed by atoms with Crippen molar-refractivity contribution in [1.29, 1.82) is 0 Å². The van der Waals surface area contributed by atoms with Gasteiger partial charge in [0.15, 0.2) is 11.6 Å². The number of carbonyl (C=O) groups excluding carboxylic acids is 1. The van der Waals surface area contributed by atoms with Crippen molar-refractivity contribution in [2.24, 2.45) is 4.99 Å². The first kappa shape index (κ1) is 16.1. The SMILES string of the molecule is O=C1CC(c2ccc(C3CCNCC3)cc2)=Nc2c(F)cc(F)cc21. The van der Waals surface area contributed by atoms with Gasteiger partial charge in [0, 0.05) is 11.6 Å². The summed E-state index contributed by atoms with van der Waals surface area (Å²) in [5, 5.41) is 3.35. The molecule has 25 heavy (non-hydrogen) atoms. The van der Waals surface area contributed by atoms with Gasteiger partial charge in [-0.3, -0.25) is 4.79 Å². The van der Waals surface area contributed by atoms with E-state index in [2.05, 4.69) is 22.4 Å². The molecular weight excluding hydrogens is 322 g/mol. The zero-order chi connectivity index (χ0) is 17.4. The Balaban J connectivity index is 1.65. The van der Waals surface area contributed by atoms with E-state index < -0.39 is 11.6 Å². The molecule has 0 aliphatic carbocycles. The fourth-order valence-corrected chi connectivity index (χ4v) is 3.58. The van der Waals surface area contributed by atoms with Gasteiger partial charge in [-0.1, -0.05) is 24.3 Å². The van der Waals surface area contributed by atoms with E-state index in [0.717, 1.165) is 43.6 Å². The number of nitrogens with zero attached hydrogens (tertiary/aromatic N) is 1. The van der Waals surface area contributed by atoms with Crippen molar-refractivity contribution in [3.8, 4) is 0 Å². The largest absolute Gasteiger partial charge is 0.317 e. The second-order valence-electron chi connectivity index (χ2n) is 6.59. The van der Waals surface area contributed by atoms with Crippen molar-refractivity contribution in [2.45, 2.75) is 25.2 Å². The normalized spacial score (nSPS) is 18.0. The minimum Gasteiger partial charge on any atom is -0.317 e. The van der Waals surface area contributed by atoms with Gasteiger partial charge < -0.3 is 5.32 Å². The van der Waals surface area contributed by atoms with Gasteiger partial charge in [-0.2, -0.15) is 0 Å². The Labute approximate surface area is 144 Å². The molecule has 5 heteroatoms. The van der Waals surface area contributed by atoms with Crippen LogP contribution in [-0.2, 0) is 0 Å². The molecule has 0 atom stereocenters. The molecule has 2 aliphatic heterocycles. The molecule has 3 nitrogen and oxygen atoms in total. The van der Waals surface area contributed by atoms with Crippen molar-refractivity contribution >= 4 is 17.2 Å². The van der Waals surface area contributed by atoms with Crippen molar-refractivity contribution in [2.75, 3.05) is 13.1 Å². The first-order valence-corrected chi connectivity index (χ1v) is 8.52. The lowest BCUT2D eigenvalue weighted by molar-refractivity contribution is 0.0999. The summed E-state index contributed by atoms with van der Waals surface area (Å²) in [4.78, 5) is 16.6. The van der Waals surface area contributed by atoms with Crippen LogP contribution in [0.15, 0.2) is 41.4 Å². The van der Waals surface area contributed by atoms with Crippen LogP contribution < -0.4 is 5.32 Å². The van der Waals surface area contributed by atoms with E-state index in [1.807, 2.05) is 12.1 Å². The van der Waals surface area contributed by atoms with Crippen LogP contribution in [0.2, 0.25) is 0 Å². The topological polar surface area (TPSA) is 41.5 Å². The zero-order valence-corrected chi connectivity index (χ0v) is 13.7. The number of hydrogen-bond donors (Lipinski definition) is 1. The fraction of sp³-hybridized carbons (Fsp3) is 0.300. The molecule has 1 saturated heterocycles. The van der Waals surface area contributed by atoms with Crippen LogP contribution >= 0.6 is 0 Å². The van der Waals surface area contributed by atoms with Crippen molar-refractivity contribution in [3.63, 3.8) is 0 Å². The molecule has 0 unspecified atom stereocenters. The molecule has 2 aromatic rings. The van der Waals surface area contributed by atoms with Crippen molar-refractivity contribution < 1.29 is 13.6 Å². The van der Waals surface area contributed by atoms with E-state index in [1.165, 1.54) is 5.56 Å². The minimum absolute atomic E-state index is 0.0209. The number of hydrogen-bond acceptors (Lipinski definition) is 3. The van der Waals surface area contributed by atoms with Gasteiger partial charge in [0.2, 0.25) is 0 Å². The summed E-state index contributed by atoms with van der Waals surface area (Å²) in [5.41, 5.74) is 2.57. The van der Waals surface area contributed by atoms with Gasteiger partial charge in [-0.15, -0.1) is 0 Å². The van der Waals surface area contributed by atoms with Crippen LogP contribution in [0.3, 0.4) is 0 Å². The third-order valence-electron chi connectivity index (χ3n) is 4.96. The van der Waals surface area contributed by atoms with Gasteiger partial charge in [-0.25, -0.2) is 13.8 Å². The lowest BCUT2D eigenvalue weighted by atomic mass is 9.88. The van der Waals surface area contributed by atoms with Crippen LogP contribution in [0.25, 0.3) is 0 Å². The molecule has 0 spiro atoms. The Hall–Kier alpha value is -2.40. The number of fused-ring (bicyclic) bond motifs is 1. The highest BCUT2D eigenvalue weighted by atomic mass is 19.1. The molecule has 1 N–H and O–H groups in total. The van der Waals surface area contributed by atoms with E-state index in [-0.39, 0.29) is 23.5 Å². The summed E-state index contributed by atoms with van der Waals surface area (Å²) in [5.74, 6) is -1.31. The van der Waals surface area contributed by atoms with E-state index >= 15 is 0 Å². The highest BCUT2D eigenvalue weighted by Crippen LogP contribution is 2.32. The summed E-state index contributed by atoms with van der Waals surface area (Å²) in [6, 6.07) is 9.83. The van der Waals surface area contributed by atoms with Gasteiger partial charge >= 0.3 is 0 Å². The molecule has 0 aromatic heterocycles. The number of halogens is 2. The summed E-state index contributed by atoms with van der Waals surface area (Å²) < 4.78 is 27.3. The van der Waals surface area contributed by atoms with E-state index in [1.54, 1.807) is 0 Å². The van der Waals surface area contributed by atoms with Crippen molar-refractivity contribution in [3.05, 3.63) is 64.7 Å². The molecule has 4 rings (SSSR count). The number of ketones is 1. The number of Topliss-reactive ketones (excluding diaryl/α,β-unsaturated/α-hetero) is 1. The van der Waals surface area contributed by atoms with Crippen molar-refractivity contribution in [1.82, 2.24) is 5.32 Å². The van der Waals surface area contributed by atoms with Gasteiger partial charge in [0.25, 0.3) is 0 Å². The third-order valence-corrected chi connectivity index (χ3v) is 4.96. The molecule has 0 saturated carbocycles. The standard InChI is InChI=1S/C20H18F2N2O/c21-15-9-16-19(25)11-18(24-20(16)17(22)10-15)14-3-1-12(2-4-14)13-5-7-23-8-6-13/h1-4,9-10,13,23H,5-8,11H2. The predicted molar refractivity (Wildman–Crippen MR) is 92.8 cm³/mol. The molecule has 0 bridgehead atoms. The summed E-state index contributed by atoms with van der Waals surface area (Å²) in [6.45, 7) is 2.06. The highest BCUT2D eigenvalue weighted by molar-refractivity contribution is 6.20. The van der Waals surface area contributed by atoms with Crippen LogP contribution in [0.5, 0.6) is 0 Å². The predicted octanol–water partition coefficient (Wildman–Crippen LogP) is 4.14. The third kappa shape index (κ3) is 3.12. The molecule has 2 aliphatic rings. The van der Waals surface area contributed by atoms with Gasteiger partial charge in [0.05, 0.1) is 12.1 Å². The molecule has 2 aromatic carbocycles. The van der Waals surface area contributed by atoms with Gasteiger partial charge in [0.1, 0.15) is 11.5 Å². The maximum absolute atomic E-state index is 14.0.